The lowest BCUT2D eigenvalue weighted by Crippen LogP contribution is -2.43. The molecule has 7 nitrogen and oxygen atoms in total. The first-order valence-electron chi connectivity index (χ1n) is 9.01. The van der Waals surface area contributed by atoms with E-state index in [-0.39, 0.29) is 18.6 Å². The lowest BCUT2D eigenvalue weighted by molar-refractivity contribution is -0.119. The summed E-state index contributed by atoms with van der Waals surface area (Å²) in [6.07, 6.45) is 1.34. The van der Waals surface area contributed by atoms with E-state index < -0.39 is 6.04 Å². The summed E-state index contributed by atoms with van der Waals surface area (Å²) in [5, 5.41) is 12.8. The van der Waals surface area contributed by atoms with Crippen molar-refractivity contribution < 1.29 is 19.1 Å². The van der Waals surface area contributed by atoms with E-state index in [1.165, 1.54) is 11.3 Å². The third-order valence-electron chi connectivity index (χ3n) is 5.17. The number of rotatable bonds is 3. The van der Waals surface area contributed by atoms with E-state index in [2.05, 4.69) is 11.4 Å². The van der Waals surface area contributed by atoms with Gasteiger partial charge in [0.1, 0.15) is 17.1 Å². The Morgan fingerprint density at radius 1 is 1.29 bits per heavy atom. The second-order valence-electron chi connectivity index (χ2n) is 6.81. The van der Waals surface area contributed by atoms with Gasteiger partial charge in [-0.3, -0.25) is 9.59 Å². The standard InChI is InChI=1S/C20H19N3O4S/c1-11-12(2)28-19(14(11)9-21)22-18(24)15-4-3-7-23(15)20(25)13-5-6-16-17(8-13)27-10-26-16/h5-6,8,15H,3-4,7,10H2,1-2H3,(H,22,24). The molecule has 2 aromatic rings. The van der Waals surface area contributed by atoms with E-state index in [1.54, 1.807) is 23.1 Å². The van der Waals surface area contributed by atoms with Crippen molar-refractivity contribution >= 4 is 28.2 Å². The highest BCUT2D eigenvalue weighted by Crippen LogP contribution is 2.34. The average molecular weight is 397 g/mol. The van der Waals surface area contributed by atoms with Crippen LogP contribution in [0, 0.1) is 25.2 Å². The Morgan fingerprint density at radius 2 is 2.07 bits per heavy atom. The normalized spacial score (nSPS) is 17.5. The molecule has 1 unspecified atom stereocenters. The fourth-order valence-electron chi connectivity index (χ4n) is 3.52. The van der Waals surface area contributed by atoms with Crippen LogP contribution in [0.5, 0.6) is 11.5 Å². The van der Waals surface area contributed by atoms with Crippen molar-refractivity contribution in [2.75, 3.05) is 18.7 Å². The van der Waals surface area contributed by atoms with Crippen LogP contribution in [0.3, 0.4) is 0 Å². The van der Waals surface area contributed by atoms with Gasteiger partial charge in [0.25, 0.3) is 5.91 Å². The first kappa shape index (κ1) is 18.3. The zero-order chi connectivity index (χ0) is 19.8. The van der Waals surface area contributed by atoms with Gasteiger partial charge in [0.15, 0.2) is 11.5 Å². The van der Waals surface area contributed by atoms with E-state index in [0.29, 0.717) is 40.6 Å². The van der Waals surface area contributed by atoms with E-state index in [1.807, 2.05) is 13.8 Å². The number of likely N-dealkylation sites (tertiary alicyclic amines) is 1. The molecule has 1 fully saturated rings. The van der Waals surface area contributed by atoms with Crippen molar-refractivity contribution in [1.82, 2.24) is 4.90 Å². The summed E-state index contributed by atoms with van der Waals surface area (Å²) >= 11 is 1.38. The van der Waals surface area contributed by atoms with E-state index in [0.717, 1.165) is 16.9 Å². The van der Waals surface area contributed by atoms with Gasteiger partial charge in [-0.25, -0.2) is 0 Å². The Labute approximate surface area is 166 Å². The molecule has 0 bridgehead atoms. The molecule has 2 amide bonds. The zero-order valence-electron chi connectivity index (χ0n) is 15.6. The molecule has 1 aromatic heterocycles. The molecule has 144 valence electrons. The van der Waals surface area contributed by atoms with E-state index in [9.17, 15) is 14.9 Å². The number of nitrogens with zero attached hydrogens (tertiary/aromatic N) is 2. The Morgan fingerprint density at radius 3 is 2.86 bits per heavy atom. The number of hydrogen-bond acceptors (Lipinski definition) is 6. The molecule has 2 aliphatic rings. The van der Waals surface area contributed by atoms with Crippen molar-refractivity contribution in [3.63, 3.8) is 0 Å². The van der Waals surface area contributed by atoms with Crippen LogP contribution < -0.4 is 14.8 Å². The van der Waals surface area contributed by atoms with Crippen LogP contribution in [-0.2, 0) is 4.79 Å². The summed E-state index contributed by atoms with van der Waals surface area (Å²) in [7, 11) is 0. The summed E-state index contributed by atoms with van der Waals surface area (Å²) in [5.74, 6) is 0.674. The predicted octanol–water partition coefficient (Wildman–Crippen LogP) is 3.21. The van der Waals surface area contributed by atoms with Crippen LogP contribution in [0.1, 0.15) is 39.2 Å². The number of ether oxygens (including phenoxy) is 2. The first-order chi connectivity index (χ1) is 13.5. The SMILES string of the molecule is Cc1sc(NC(=O)C2CCCN2C(=O)c2ccc3c(c2)OCO3)c(C#N)c1C. The van der Waals surface area contributed by atoms with Crippen molar-refractivity contribution in [1.29, 1.82) is 5.26 Å². The number of anilines is 1. The topological polar surface area (TPSA) is 91.7 Å². The van der Waals surface area contributed by atoms with Crippen molar-refractivity contribution in [3.05, 3.63) is 39.8 Å². The molecule has 1 saturated heterocycles. The van der Waals surface area contributed by atoms with E-state index >= 15 is 0 Å². The van der Waals surface area contributed by atoms with Crippen molar-refractivity contribution in [3.8, 4) is 17.6 Å². The highest BCUT2D eigenvalue weighted by molar-refractivity contribution is 7.16. The fourth-order valence-corrected chi connectivity index (χ4v) is 4.54. The Bertz CT molecular complexity index is 1010. The maximum absolute atomic E-state index is 13.0. The van der Waals surface area contributed by atoms with Gasteiger partial charge in [-0.2, -0.15) is 5.26 Å². The van der Waals surface area contributed by atoms with Crippen LogP contribution in [0.25, 0.3) is 0 Å². The highest BCUT2D eigenvalue weighted by Gasteiger charge is 2.35. The summed E-state index contributed by atoms with van der Waals surface area (Å²) < 4.78 is 10.6. The van der Waals surface area contributed by atoms with Gasteiger partial charge in [0.2, 0.25) is 12.7 Å². The monoisotopic (exact) mass is 397 g/mol. The molecule has 0 saturated carbocycles. The van der Waals surface area contributed by atoms with Gasteiger partial charge in [-0.15, -0.1) is 11.3 Å². The third-order valence-corrected chi connectivity index (χ3v) is 6.29. The molecule has 8 heteroatoms. The van der Waals surface area contributed by atoms with Gasteiger partial charge in [0.05, 0.1) is 5.56 Å². The van der Waals surface area contributed by atoms with Gasteiger partial charge < -0.3 is 19.7 Å². The van der Waals surface area contributed by atoms with Crippen molar-refractivity contribution in [2.24, 2.45) is 0 Å². The Kier molecular flexibility index (Phi) is 4.69. The van der Waals surface area contributed by atoms with Crippen LogP contribution in [0.15, 0.2) is 18.2 Å². The van der Waals surface area contributed by atoms with E-state index in [4.69, 9.17) is 9.47 Å². The highest BCUT2D eigenvalue weighted by atomic mass is 32.1. The van der Waals surface area contributed by atoms with Crippen LogP contribution >= 0.6 is 11.3 Å². The average Bonchev–Trinajstić information content (AvgIpc) is 3.40. The maximum atomic E-state index is 13.0. The molecule has 0 spiro atoms. The number of aryl methyl sites for hydroxylation is 1. The van der Waals surface area contributed by atoms with Gasteiger partial charge in [0, 0.05) is 17.0 Å². The second kappa shape index (κ2) is 7.17. The molecule has 4 rings (SSSR count). The number of nitriles is 1. The minimum absolute atomic E-state index is 0.141. The largest absolute Gasteiger partial charge is 0.454 e. The van der Waals surface area contributed by atoms with Crippen LogP contribution in [0.4, 0.5) is 5.00 Å². The molecular weight excluding hydrogens is 378 g/mol. The molecule has 0 radical (unpaired) electrons. The predicted molar refractivity (Wildman–Crippen MR) is 104 cm³/mol. The summed E-state index contributed by atoms with van der Waals surface area (Å²) in [6.45, 7) is 4.44. The number of benzene rings is 1. The minimum atomic E-state index is -0.563. The van der Waals surface area contributed by atoms with Crippen LogP contribution in [0.2, 0.25) is 0 Å². The lowest BCUT2D eigenvalue weighted by atomic mass is 10.1. The molecule has 28 heavy (non-hydrogen) atoms. The quantitative estimate of drug-likeness (QED) is 0.859. The Balaban J connectivity index is 1.53. The number of carbonyl (C=O) groups excluding carboxylic acids is 2. The fraction of sp³-hybridized carbons (Fsp3) is 0.350. The number of nitrogens with one attached hydrogen (secondary N) is 1. The Hall–Kier alpha value is -3.05. The molecule has 2 aliphatic heterocycles. The number of amides is 2. The number of thiophene rings is 1. The smallest absolute Gasteiger partial charge is 0.254 e. The number of fused-ring (bicyclic) bond motifs is 1. The number of hydrogen-bond donors (Lipinski definition) is 1. The summed E-state index contributed by atoms with van der Waals surface area (Å²) in [4.78, 5) is 28.5. The number of carbonyl (C=O) groups is 2. The zero-order valence-corrected chi connectivity index (χ0v) is 16.4. The molecule has 0 aliphatic carbocycles. The summed E-state index contributed by atoms with van der Waals surface area (Å²) in [5.41, 5.74) is 1.83. The van der Waals surface area contributed by atoms with Gasteiger partial charge in [-0.1, -0.05) is 0 Å². The molecular formula is C20H19N3O4S. The maximum Gasteiger partial charge on any atom is 0.254 e. The van der Waals surface area contributed by atoms with Gasteiger partial charge >= 0.3 is 0 Å². The second-order valence-corrected chi connectivity index (χ2v) is 8.04. The minimum Gasteiger partial charge on any atom is -0.454 e. The molecule has 3 heterocycles. The molecule has 1 aromatic carbocycles. The van der Waals surface area contributed by atoms with Crippen molar-refractivity contribution in [2.45, 2.75) is 32.7 Å². The lowest BCUT2D eigenvalue weighted by Gasteiger charge is -2.24. The summed E-state index contributed by atoms with van der Waals surface area (Å²) in [6, 6.07) is 6.63. The molecule has 1 atom stereocenters. The first-order valence-corrected chi connectivity index (χ1v) is 9.83. The third kappa shape index (κ3) is 3.08. The van der Waals surface area contributed by atoms with Gasteiger partial charge in [-0.05, 0) is 50.5 Å². The van der Waals surface area contributed by atoms with Crippen LogP contribution in [-0.4, -0.2) is 36.1 Å². The molecule has 1 N–H and O–H groups in total.